The summed E-state index contributed by atoms with van der Waals surface area (Å²) in [6, 6.07) is 3.89. The Labute approximate surface area is 147 Å². The van der Waals surface area contributed by atoms with Crippen LogP contribution in [0, 0.1) is 0 Å². The number of carbonyl (C=O) groups is 1. The number of carboxylic acids is 1. The van der Waals surface area contributed by atoms with E-state index >= 15 is 0 Å². The molecule has 0 amide bonds. The van der Waals surface area contributed by atoms with Gasteiger partial charge in [-0.1, -0.05) is 13.0 Å². The number of carboxylic acid groups (broad SMARTS) is 1. The normalized spacial score (nSPS) is 12.0. The minimum atomic E-state index is -1.35. The molecule has 0 bridgehead atoms. The van der Waals surface area contributed by atoms with Gasteiger partial charge in [0, 0.05) is 22.2 Å². The lowest BCUT2D eigenvalue weighted by molar-refractivity contribution is -0.146. The number of thiophene rings is 2. The number of aliphatic carboxylic acids is 1. The van der Waals surface area contributed by atoms with Gasteiger partial charge in [0.05, 0.1) is 5.39 Å². The number of rotatable bonds is 5. The Hall–Kier alpha value is -1.99. The summed E-state index contributed by atoms with van der Waals surface area (Å²) in [4.78, 5) is 31.2. The van der Waals surface area contributed by atoms with Crippen molar-refractivity contribution in [3.63, 3.8) is 0 Å². The highest BCUT2D eigenvalue weighted by atomic mass is 32.1. The lowest BCUT2D eigenvalue weighted by atomic mass is 10.0. The second-order valence-corrected chi connectivity index (χ2v) is 7.90. The standard InChI is InChI=1S/C17H18N2O3S2/c1-4-6-12-18-14-13(10(9-24-14)11-7-5-8-23-11)15(20)19(12)17(2,3)16(21)22/h5,7-9H,4,6H2,1-3H3,(H,21,22). The molecule has 0 aliphatic heterocycles. The zero-order valence-electron chi connectivity index (χ0n) is 13.7. The Morgan fingerprint density at radius 1 is 1.38 bits per heavy atom. The molecule has 0 aliphatic carbocycles. The van der Waals surface area contributed by atoms with Gasteiger partial charge >= 0.3 is 5.97 Å². The van der Waals surface area contributed by atoms with Crippen molar-refractivity contribution in [1.29, 1.82) is 0 Å². The number of hydrogen-bond donors (Lipinski definition) is 1. The van der Waals surface area contributed by atoms with Crippen molar-refractivity contribution in [2.75, 3.05) is 0 Å². The van der Waals surface area contributed by atoms with E-state index in [-0.39, 0.29) is 5.56 Å². The molecule has 1 N–H and O–H groups in total. The third-order valence-electron chi connectivity index (χ3n) is 4.02. The Kier molecular flexibility index (Phi) is 4.31. The molecule has 3 aromatic rings. The summed E-state index contributed by atoms with van der Waals surface area (Å²) < 4.78 is 1.35. The van der Waals surface area contributed by atoms with E-state index in [1.165, 1.54) is 15.9 Å². The summed E-state index contributed by atoms with van der Waals surface area (Å²) in [5.74, 6) is -0.516. The molecule has 0 aromatic carbocycles. The molecule has 24 heavy (non-hydrogen) atoms. The van der Waals surface area contributed by atoms with Crippen molar-refractivity contribution in [2.24, 2.45) is 0 Å². The molecule has 126 valence electrons. The second kappa shape index (κ2) is 6.14. The topological polar surface area (TPSA) is 72.2 Å². The maximum atomic E-state index is 13.2. The lowest BCUT2D eigenvalue weighted by Gasteiger charge is -2.25. The molecule has 0 saturated carbocycles. The first kappa shape index (κ1) is 16.9. The van der Waals surface area contributed by atoms with Gasteiger partial charge in [-0.05, 0) is 31.7 Å². The Balaban J connectivity index is 2.38. The van der Waals surface area contributed by atoms with Crippen molar-refractivity contribution in [1.82, 2.24) is 9.55 Å². The van der Waals surface area contributed by atoms with Crippen LogP contribution >= 0.6 is 22.7 Å². The van der Waals surface area contributed by atoms with Crippen LogP contribution in [0.25, 0.3) is 20.7 Å². The van der Waals surface area contributed by atoms with E-state index in [0.717, 1.165) is 16.9 Å². The summed E-state index contributed by atoms with van der Waals surface area (Å²) in [5.41, 5.74) is -0.793. The molecule has 3 rings (SSSR count). The summed E-state index contributed by atoms with van der Waals surface area (Å²) in [6.45, 7) is 5.07. The summed E-state index contributed by atoms with van der Waals surface area (Å²) >= 11 is 2.98. The highest BCUT2D eigenvalue weighted by Crippen LogP contribution is 2.34. The molecule has 3 aromatic heterocycles. The van der Waals surface area contributed by atoms with Gasteiger partial charge in [0.25, 0.3) is 5.56 Å². The lowest BCUT2D eigenvalue weighted by Crippen LogP contribution is -2.44. The Morgan fingerprint density at radius 3 is 2.71 bits per heavy atom. The molecule has 0 aliphatic rings. The van der Waals surface area contributed by atoms with Crippen LogP contribution in [-0.2, 0) is 16.8 Å². The van der Waals surface area contributed by atoms with Crippen LogP contribution in [0.4, 0.5) is 0 Å². The molecule has 0 fully saturated rings. The smallest absolute Gasteiger partial charge is 0.329 e. The number of hydrogen-bond acceptors (Lipinski definition) is 5. The molecular formula is C17H18N2O3S2. The first-order valence-corrected chi connectivity index (χ1v) is 9.44. The van der Waals surface area contributed by atoms with E-state index in [4.69, 9.17) is 0 Å². The maximum absolute atomic E-state index is 13.2. The van der Waals surface area contributed by atoms with Crippen molar-refractivity contribution < 1.29 is 9.90 Å². The first-order chi connectivity index (χ1) is 11.4. The molecule has 0 saturated heterocycles. The van der Waals surface area contributed by atoms with Crippen molar-refractivity contribution in [2.45, 2.75) is 39.2 Å². The van der Waals surface area contributed by atoms with Crippen molar-refractivity contribution in [3.05, 3.63) is 39.1 Å². The Morgan fingerprint density at radius 2 is 2.12 bits per heavy atom. The zero-order valence-corrected chi connectivity index (χ0v) is 15.3. The van der Waals surface area contributed by atoms with Crippen LogP contribution in [0.2, 0.25) is 0 Å². The van der Waals surface area contributed by atoms with Crippen LogP contribution in [-0.4, -0.2) is 20.6 Å². The van der Waals surface area contributed by atoms with Gasteiger partial charge in [-0.15, -0.1) is 22.7 Å². The van der Waals surface area contributed by atoms with E-state index < -0.39 is 11.5 Å². The first-order valence-electron chi connectivity index (χ1n) is 7.68. The number of fused-ring (bicyclic) bond motifs is 1. The third-order valence-corrected chi connectivity index (χ3v) is 5.80. The quantitative estimate of drug-likeness (QED) is 0.746. The molecule has 7 heteroatoms. The molecular weight excluding hydrogens is 344 g/mol. The summed E-state index contributed by atoms with van der Waals surface area (Å²) in [6.07, 6.45) is 1.35. The maximum Gasteiger partial charge on any atom is 0.329 e. The fourth-order valence-corrected chi connectivity index (χ4v) is 4.48. The second-order valence-electron chi connectivity index (χ2n) is 6.09. The average Bonchev–Trinajstić information content (AvgIpc) is 3.15. The minimum Gasteiger partial charge on any atom is -0.480 e. The van der Waals surface area contributed by atoms with E-state index in [9.17, 15) is 14.7 Å². The van der Waals surface area contributed by atoms with Gasteiger partial charge in [-0.25, -0.2) is 9.78 Å². The van der Waals surface area contributed by atoms with Gasteiger partial charge in [0.2, 0.25) is 0 Å². The number of nitrogens with zero attached hydrogens (tertiary/aromatic N) is 2. The fourth-order valence-electron chi connectivity index (χ4n) is 2.71. The molecule has 0 spiro atoms. The fraction of sp³-hybridized carbons (Fsp3) is 0.353. The SMILES string of the molecule is CCCc1nc2scc(-c3cccs3)c2c(=O)n1C(C)(C)C(=O)O. The van der Waals surface area contributed by atoms with Crippen molar-refractivity contribution in [3.8, 4) is 10.4 Å². The van der Waals surface area contributed by atoms with E-state index in [1.54, 1.807) is 25.2 Å². The molecule has 0 atom stereocenters. The largest absolute Gasteiger partial charge is 0.480 e. The highest BCUT2D eigenvalue weighted by molar-refractivity contribution is 7.18. The number of aryl methyl sites for hydroxylation is 1. The summed E-state index contributed by atoms with van der Waals surface area (Å²) in [5, 5.41) is 14.0. The van der Waals surface area contributed by atoms with Crippen LogP contribution in [0.15, 0.2) is 27.7 Å². The van der Waals surface area contributed by atoms with Gasteiger partial charge in [0.15, 0.2) is 0 Å². The predicted molar refractivity (Wildman–Crippen MR) is 98.1 cm³/mol. The monoisotopic (exact) mass is 362 g/mol. The van der Waals surface area contributed by atoms with Gasteiger partial charge < -0.3 is 5.11 Å². The zero-order chi connectivity index (χ0) is 17.5. The van der Waals surface area contributed by atoms with E-state index in [0.29, 0.717) is 22.5 Å². The average molecular weight is 362 g/mol. The van der Waals surface area contributed by atoms with Crippen LogP contribution in [0.1, 0.15) is 33.0 Å². The highest BCUT2D eigenvalue weighted by Gasteiger charge is 2.34. The summed E-state index contributed by atoms with van der Waals surface area (Å²) in [7, 11) is 0. The van der Waals surface area contributed by atoms with E-state index in [2.05, 4.69) is 4.98 Å². The van der Waals surface area contributed by atoms with Crippen LogP contribution in [0.5, 0.6) is 0 Å². The molecule has 3 heterocycles. The van der Waals surface area contributed by atoms with Crippen LogP contribution < -0.4 is 5.56 Å². The van der Waals surface area contributed by atoms with E-state index in [1.807, 2.05) is 29.8 Å². The van der Waals surface area contributed by atoms with Gasteiger partial charge in [0.1, 0.15) is 16.2 Å². The predicted octanol–water partition coefficient (Wildman–Crippen LogP) is 3.96. The van der Waals surface area contributed by atoms with Crippen molar-refractivity contribution >= 4 is 38.9 Å². The minimum absolute atomic E-state index is 0.277. The van der Waals surface area contributed by atoms with Gasteiger partial charge in [-0.2, -0.15) is 0 Å². The molecule has 0 unspecified atom stereocenters. The number of aromatic nitrogens is 2. The van der Waals surface area contributed by atoms with Gasteiger partial charge in [-0.3, -0.25) is 9.36 Å². The Bertz CT molecular complexity index is 952. The molecule has 0 radical (unpaired) electrons. The van der Waals surface area contributed by atoms with Crippen LogP contribution in [0.3, 0.4) is 0 Å². The third kappa shape index (κ3) is 2.57. The molecule has 5 nitrogen and oxygen atoms in total.